The Kier molecular flexibility index (Phi) is 33.2. The van der Waals surface area contributed by atoms with E-state index in [0.29, 0.717) is 35.5 Å². The molecule has 0 aliphatic carbocycles. The van der Waals surface area contributed by atoms with Crippen molar-refractivity contribution in [2.75, 3.05) is 39.6 Å². The van der Waals surface area contributed by atoms with E-state index in [9.17, 15) is 9.59 Å². The molecule has 8 rings (SSSR count). The van der Waals surface area contributed by atoms with Crippen LogP contribution < -0.4 is 18.9 Å². The fourth-order valence-corrected chi connectivity index (χ4v) is 11.8. The van der Waals surface area contributed by atoms with Gasteiger partial charge in [0, 0.05) is 0 Å². The highest BCUT2D eigenvalue weighted by atomic mass is 16.5. The molecule has 0 amide bonds. The van der Waals surface area contributed by atoms with E-state index in [1.54, 1.807) is 0 Å². The molecule has 0 N–H and O–H groups in total. The number of nitrogens with zero attached hydrogens (tertiary/aromatic N) is 2. The summed E-state index contributed by atoms with van der Waals surface area (Å²) < 4.78 is 35.2. The monoisotopic (exact) mass is 1290 g/mol. The van der Waals surface area contributed by atoms with E-state index in [1.165, 1.54) is 116 Å². The van der Waals surface area contributed by atoms with E-state index in [0.717, 1.165) is 158 Å². The van der Waals surface area contributed by atoms with Gasteiger partial charge in [0.2, 0.25) is 0 Å². The van der Waals surface area contributed by atoms with Gasteiger partial charge in [-0.3, -0.25) is 0 Å². The zero-order valence-electron chi connectivity index (χ0n) is 56.7. The number of carbonyl (C=O) groups is 2. The Hall–Kier alpha value is -9.12. The summed E-state index contributed by atoms with van der Waals surface area (Å²) in [4.78, 5) is 25.5. The Labute approximate surface area is 572 Å². The van der Waals surface area contributed by atoms with Crippen LogP contribution in [-0.2, 0) is 9.47 Å². The molecule has 0 atom stereocenters. The van der Waals surface area contributed by atoms with Gasteiger partial charge < -0.3 is 28.4 Å². The van der Waals surface area contributed by atoms with Crippen molar-refractivity contribution >= 4 is 11.9 Å². The molecule has 0 unspecified atom stereocenters. The maximum absolute atomic E-state index is 12.7. The molecule has 10 nitrogen and oxygen atoms in total. The van der Waals surface area contributed by atoms with Crippen LogP contribution in [0.5, 0.6) is 23.0 Å². The van der Waals surface area contributed by atoms with Crippen LogP contribution in [-0.4, -0.2) is 51.6 Å². The maximum atomic E-state index is 12.7. The number of hydrogen-bond acceptors (Lipinski definition) is 10. The van der Waals surface area contributed by atoms with Crippen molar-refractivity contribution in [2.45, 2.75) is 180 Å². The molecule has 0 aliphatic rings. The predicted molar refractivity (Wildman–Crippen MR) is 389 cm³/mol. The van der Waals surface area contributed by atoms with Gasteiger partial charge in [-0.25, -0.2) is 9.59 Å². The normalized spacial score (nSPS) is 10.9. The van der Waals surface area contributed by atoms with Crippen LogP contribution >= 0.6 is 0 Å². The summed E-state index contributed by atoms with van der Waals surface area (Å²) in [6.45, 7) is 3.81. The maximum Gasteiger partial charge on any atom is 0.338 e. The third-order valence-corrected chi connectivity index (χ3v) is 17.7. The zero-order valence-corrected chi connectivity index (χ0v) is 56.7. The summed E-state index contributed by atoms with van der Waals surface area (Å²) in [6, 6.07) is 67.7. The molecule has 0 bridgehead atoms. The lowest BCUT2D eigenvalue weighted by atomic mass is 10.0. The Morgan fingerprint density at radius 1 is 0.219 bits per heavy atom. The highest BCUT2D eigenvalue weighted by molar-refractivity contribution is 5.90. The van der Waals surface area contributed by atoms with Crippen LogP contribution in [0.25, 0.3) is 44.5 Å². The van der Waals surface area contributed by atoms with Crippen molar-refractivity contribution in [1.82, 2.24) is 0 Å². The van der Waals surface area contributed by atoms with Crippen LogP contribution in [0.2, 0.25) is 0 Å². The fourth-order valence-electron chi connectivity index (χ4n) is 11.8. The summed E-state index contributed by atoms with van der Waals surface area (Å²) >= 11 is 0. The summed E-state index contributed by atoms with van der Waals surface area (Å²) in [6.07, 6.45) is 32.6. The van der Waals surface area contributed by atoms with E-state index in [4.69, 9.17) is 38.9 Å². The predicted octanol–water partition coefficient (Wildman–Crippen LogP) is 23.0. The van der Waals surface area contributed by atoms with Gasteiger partial charge >= 0.3 is 11.9 Å². The van der Waals surface area contributed by atoms with Crippen molar-refractivity contribution in [3.05, 3.63) is 216 Å². The second-order valence-corrected chi connectivity index (χ2v) is 25.2. The van der Waals surface area contributed by atoms with Gasteiger partial charge in [0.25, 0.3) is 0 Å². The molecule has 0 radical (unpaired) electrons. The van der Waals surface area contributed by atoms with Crippen molar-refractivity contribution in [3.63, 3.8) is 0 Å². The second kappa shape index (κ2) is 43.8. The van der Waals surface area contributed by atoms with Crippen molar-refractivity contribution in [2.24, 2.45) is 0 Å². The highest BCUT2D eigenvalue weighted by Crippen LogP contribution is 2.28. The molecular weight excluding hydrogens is 1190 g/mol. The third-order valence-electron chi connectivity index (χ3n) is 17.7. The Bertz CT molecular complexity index is 3280. The lowest BCUT2D eigenvalue weighted by molar-refractivity contribution is 0.0488. The number of rotatable bonds is 47. The van der Waals surface area contributed by atoms with E-state index >= 15 is 0 Å². The first-order valence-electron chi connectivity index (χ1n) is 35.9. The Balaban J connectivity index is 0.539. The van der Waals surface area contributed by atoms with Crippen LogP contribution in [0.4, 0.5) is 0 Å². The molecule has 96 heavy (non-hydrogen) atoms. The van der Waals surface area contributed by atoms with Gasteiger partial charge in [-0.15, -0.1) is 0 Å². The van der Waals surface area contributed by atoms with E-state index in [2.05, 4.69) is 60.7 Å². The first-order valence-corrected chi connectivity index (χ1v) is 35.9. The molecule has 0 aliphatic heterocycles. The van der Waals surface area contributed by atoms with Gasteiger partial charge in [0.15, 0.2) is 0 Å². The minimum absolute atomic E-state index is 0.264. The first-order chi connectivity index (χ1) is 47.4. The van der Waals surface area contributed by atoms with Gasteiger partial charge in [-0.05, 0) is 180 Å². The minimum atomic E-state index is -0.264. The summed E-state index contributed by atoms with van der Waals surface area (Å²) in [5.74, 6) is 3.02. The van der Waals surface area contributed by atoms with Gasteiger partial charge in [0.05, 0.1) is 74.0 Å². The van der Waals surface area contributed by atoms with E-state index < -0.39 is 0 Å². The van der Waals surface area contributed by atoms with E-state index in [1.807, 2.05) is 146 Å². The summed E-state index contributed by atoms with van der Waals surface area (Å²) in [5.41, 5.74) is 11.2. The standard InChI is InChI=1S/C86H100N2O8/c87-67-69-29-33-71(34-30-69)75-45-53-81(54-46-75)91-61-25-19-13-7-3-9-15-21-27-65-95-85(89)79-41-37-73(38-42-79)77-49-57-83(58-50-77)93-63-23-17-11-5-1-2-6-12-18-24-64-94-84-59-51-78(52-60-84)74-39-43-80(44-40-74)86(90)96-66-28-22-16-10-4-8-14-20-26-62-92-82-55-47-76(48-56-82)72-35-31-70(68-88)32-36-72/h29-60H,1-28,61-66H2. The number of benzene rings is 8. The van der Waals surface area contributed by atoms with Gasteiger partial charge in [0.1, 0.15) is 23.0 Å². The number of ether oxygens (including phenoxy) is 6. The van der Waals surface area contributed by atoms with Gasteiger partial charge in [-0.2, -0.15) is 10.5 Å². The first kappa shape index (κ1) is 72.7. The Morgan fingerprint density at radius 2 is 0.385 bits per heavy atom. The largest absolute Gasteiger partial charge is 0.494 e. The van der Waals surface area contributed by atoms with Crippen LogP contribution in [0.3, 0.4) is 0 Å². The zero-order chi connectivity index (χ0) is 66.7. The molecule has 0 saturated carbocycles. The molecule has 0 aromatic heterocycles. The number of nitriles is 2. The molecule has 0 heterocycles. The second-order valence-electron chi connectivity index (χ2n) is 25.2. The van der Waals surface area contributed by atoms with Crippen LogP contribution in [0, 0.1) is 22.7 Å². The number of unbranched alkanes of at least 4 members (excludes halogenated alkanes) is 25. The topological polar surface area (TPSA) is 137 Å². The molecule has 10 heteroatoms. The smallest absolute Gasteiger partial charge is 0.338 e. The van der Waals surface area contributed by atoms with Crippen LogP contribution in [0.1, 0.15) is 212 Å². The molecule has 8 aromatic rings. The fraction of sp³-hybridized carbons (Fsp3) is 0.395. The molecule has 0 fully saturated rings. The molecule has 0 spiro atoms. The number of esters is 2. The quantitative estimate of drug-likeness (QED) is 0.0268. The van der Waals surface area contributed by atoms with Crippen molar-refractivity contribution < 1.29 is 38.0 Å². The number of hydrogen-bond donors (Lipinski definition) is 0. The van der Waals surface area contributed by atoms with Gasteiger partial charge in [-0.1, -0.05) is 238 Å². The third kappa shape index (κ3) is 27.3. The highest BCUT2D eigenvalue weighted by Gasteiger charge is 2.11. The van der Waals surface area contributed by atoms with Crippen molar-refractivity contribution in [3.8, 4) is 79.6 Å². The lowest BCUT2D eigenvalue weighted by Gasteiger charge is -2.09. The SMILES string of the molecule is N#Cc1ccc(-c2ccc(OCCCCCCCCCCCOC(=O)c3ccc(-c4ccc(OCCCCCCCCCCCCOc5ccc(-c6ccc(C(=O)OCCCCCCCCCCCOc7ccc(-c8ccc(C#N)cc8)cc7)cc6)cc5)cc4)cc3)cc2)cc1. The van der Waals surface area contributed by atoms with Crippen LogP contribution in [0.15, 0.2) is 194 Å². The summed E-state index contributed by atoms with van der Waals surface area (Å²) in [7, 11) is 0. The average Bonchev–Trinajstić information content (AvgIpc) is 1.43. The molecule has 8 aromatic carbocycles. The summed E-state index contributed by atoms with van der Waals surface area (Å²) in [5, 5.41) is 18.0. The molecule has 0 saturated heterocycles. The lowest BCUT2D eigenvalue weighted by Crippen LogP contribution is -2.06. The molecular formula is C86H100N2O8. The molecule has 502 valence electrons. The average molecular weight is 1290 g/mol. The van der Waals surface area contributed by atoms with Crippen molar-refractivity contribution in [1.29, 1.82) is 10.5 Å². The minimum Gasteiger partial charge on any atom is -0.494 e. The Morgan fingerprint density at radius 3 is 0.583 bits per heavy atom. The number of carbonyl (C=O) groups excluding carboxylic acids is 2. The van der Waals surface area contributed by atoms with E-state index in [-0.39, 0.29) is 11.9 Å².